The zero-order chi connectivity index (χ0) is 21.8. The zero-order valence-electron chi connectivity index (χ0n) is 17.5. The summed E-state index contributed by atoms with van der Waals surface area (Å²) in [6.45, 7) is 5.15. The summed E-state index contributed by atoms with van der Waals surface area (Å²) >= 11 is 1.50. The molecule has 2 aliphatic rings. The maximum absolute atomic E-state index is 12.9. The van der Waals surface area contributed by atoms with Gasteiger partial charge in [-0.25, -0.2) is 0 Å². The van der Waals surface area contributed by atoms with Gasteiger partial charge in [0.1, 0.15) is 0 Å². The molecular weight excluding hydrogens is 412 g/mol. The third-order valence-corrected chi connectivity index (χ3v) is 6.69. The van der Waals surface area contributed by atoms with Crippen LogP contribution in [0.15, 0.2) is 53.4 Å². The fourth-order valence-corrected chi connectivity index (χ4v) is 4.62. The van der Waals surface area contributed by atoms with Crippen molar-refractivity contribution in [3.05, 3.63) is 59.7 Å². The highest BCUT2D eigenvalue weighted by atomic mass is 32.2. The van der Waals surface area contributed by atoms with E-state index in [1.54, 1.807) is 11.0 Å². The first-order chi connectivity index (χ1) is 15.0. The van der Waals surface area contributed by atoms with Gasteiger partial charge in [-0.05, 0) is 30.7 Å². The Morgan fingerprint density at radius 1 is 1.10 bits per heavy atom. The van der Waals surface area contributed by atoms with Crippen LogP contribution in [0.2, 0.25) is 0 Å². The van der Waals surface area contributed by atoms with E-state index in [-0.39, 0.29) is 23.0 Å². The number of anilines is 1. The molecule has 2 aromatic carbocycles. The molecule has 1 atom stereocenters. The first-order valence-corrected chi connectivity index (χ1v) is 11.3. The van der Waals surface area contributed by atoms with Gasteiger partial charge in [0.2, 0.25) is 11.8 Å². The summed E-state index contributed by atoms with van der Waals surface area (Å²) in [6.07, 6.45) is 0. The number of thioether (sulfide) groups is 1. The van der Waals surface area contributed by atoms with Crippen molar-refractivity contribution in [3.8, 4) is 0 Å². The van der Waals surface area contributed by atoms with Gasteiger partial charge in [-0.15, -0.1) is 11.8 Å². The second-order valence-electron chi connectivity index (χ2n) is 7.79. The van der Waals surface area contributed by atoms with E-state index < -0.39 is 0 Å². The SMILES string of the molecule is CC1Sc2ccc(C(=O)N3CCN(CC(=O)NCc4ccccc4)CC3)cc2NC1=O. The molecule has 1 saturated heterocycles. The number of rotatable bonds is 5. The second kappa shape index (κ2) is 9.53. The van der Waals surface area contributed by atoms with Crippen molar-refractivity contribution >= 4 is 35.2 Å². The number of piperazine rings is 1. The minimum absolute atomic E-state index is 0.0132. The van der Waals surface area contributed by atoms with E-state index in [9.17, 15) is 14.4 Å². The first-order valence-electron chi connectivity index (χ1n) is 10.4. The molecule has 2 aliphatic heterocycles. The Bertz CT molecular complexity index is 974. The Labute approximate surface area is 186 Å². The van der Waals surface area contributed by atoms with Crippen LogP contribution in [-0.2, 0) is 16.1 Å². The number of hydrogen-bond acceptors (Lipinski definition) is 5. The van der Waals surface area contributed by atoms with Gasteiger partial charge in [0.15, 0.2) is 0 Å². The van der Waals surface area contributed by atoms with Crippen molar-refractivity contribution in [1.29, 1.82) is 0 Å². The summed E-state index contributed by atoms with van der Waals surface area (Å²) < 4.78 is 0. The Kier molecular flexibility index (Phi) is 6.58. The topological polar surface area (TPSA) is 81.8 Å². The highest BCUT2D eigenvalue weighted by Crippen LogP contribution is 2.36. The van der Waals surface area contributed by atoms with E-state index in [0.717, 1.165) is 10.5 Å². The summed E-state index contributed by atoms with van der Waals surface area (Å²) in [5, 5.41) is 5.69. The average molecular weight is 439 g/mol. The predicted molar refractivity (Wildman–Crippen MR) is 121 cm³/mol. The minimum atomic E-state index is -0.132. The van der Waals surface area contributed by atoms with Gasteiger partial charge in [0.05, 0.1) is 17.5 Å². The molecule has 0 bridgehead atoms. The predicted octanol–water partition coefficient (Wildman–Crippen LogP) is 2.19. The largest absolute Gasteiger partial charge is 0.351 e. The van der Waals surface area contributed by atoms with Crippen LogP contribution < -0.4 is 10.6 Å². The van der Waals surface area contributed by atoms with Gasteiger partial charge in [0, 0.05) is 43.2 Å². The number of nitrogens with one attached hydrogen (secondary N) is 2. The van der Waals surface area contributed by atoms with Crippen LogP contribution in [0.3, 0.4) is 0 Å². The van der Waals surface area contributed by atoms with Crippen molar-refractivity contribution in [2.75, 3.05) is 38.0 Å². The summed E-state index contributed by atoms with van der Waals surface area (Å²) in [5.41, 5.74) is 2.34. The van der Waals surface area contributed by atoms with E-state index in [1.807, 2.05) is 49.4 Å². The monoisotopic (exact) mass is 438 g/mol. The third kappa shape index (κ3) is 5.26. The molecule has 0 saturated carbocycles. The van der Waals surface area contributed by atoms with Crippen molar-refractivity contribution in [3.63, 3.8) is 0 Å². The molecule has 7 nitrogen and oxygen atoms in total. The zero-order valence-corrected chi connectivity index (χ0v) is 18.3. The van der Waals surface area contributed by atoms with Gasteiger partial charge in [-0.2, -0.15) is 0 Å². The molecule has 2 aromatic rings. The summed E-state index contributed by atoms with van der Waals surface area (Å²) in [6, 6.07) is 15.3. The van der Waals surface area contributed by atoms with Crippen molar-refractivity contribution in [1.82, 2.24) is 15.1 Å². The molecule has 1 fully saturated rings. The number of carbonyl (C=O) groups is 3. The number of carbonyl (C=O) groups excluding carboxylic acids is 3. The maximum Gasteiger partial charge on any atom is 0.254 e. The fourth-order valence-electron chi connectivity index (χ4n) is 3.69. The first kappa shape index (κ1) is 21.4. The number of fused-ring (bicyclic) bond motifs is 1. The van der Waals surface area contributed by atoms with Crippen LogP contribution in [0.25, 0.3) is 0 Å². The highest BCUT2D eigenvalue weighted by molar-refractivity contribution is 8.00. The minimum Gasteiger partial charge on any atom is -0.351 e. The molecule has 2 heterocycles. The van der Waals surface area contributed by atoms with Crippen LogP contribution >= 0.6 is 11.8 Å². The Hall–Kier alpha value is -2.84. The molecular formula is C23H26N4O3S. The summed E-state index contributed by atoms with van der Waals surface area (Å²) in [4.78, 5) is 41.9. The van der Waals surface area contributed by atoms with Crippen LogP contribution in [0.1, 0.15) is 22.8 Å². The van der Waals surface area contributed by atoms with Crippen LogP contribution in [0, 0.1) is 0 Å². The Morgan fingerprint density at radius 2 is 1.84 bits per heavy atom. The maximum atomic E-state index is 12.9. The van der Waals surface area contributed by atoms with Gasteiger partial charge in [-0.1, -0.05) is 30.3 Å². The molecule has 162 valence electrons. The standard InChI is InChI=1S/C23H26N4O3S/c1-16-22(29)25-19-13-18(7-8-20(19)31-16)23(30)27-11-9-26(10-12-27)15-21(28)24-14-17-5-3-2-4-6-17/h2-8,13,16H,9-12,14-15H2,1H3,(H,24,28)(H,25,29). The number of hydrogen-bond donors (Lipinski definition) is 2. The normalized spacial score (nSPS) is 18.8. The van der Waals surface area contributed by atoms with E-state index in [1.165, 1.54) is 11.8 Å². The lowest BCUT2D eigenvalue weighted by Gasteiger charge is -2.34. The van der Waals surface area contributed by atoms with E-state index in [4.69, 9.17) is 0 Å². The lowest BCUT2D eigenvalue weighted by Crippen LogP contribution is -2.51. The van der Waals surface area contributed by atoms with Gasteiger partial charge >= 0.3 is 0 Å². The van der Waals surface area contributed by atoms with E-state index in [0.29, 0.717) is 50.5 Å². The number of amides is 3. The molecule has 8 heteroatoms. The average Bonchev–Trinajstić information content (AvgIpc) is 2.79. The molecule has 2 N–H and O–H groups in total. The molecule has 0 spiro atoms. The molecule has 0 radical (unpaired) electrons. The molecule has 1 unspecified atom stereocenters. The molecule has 31 heavy (non-hydrogen) atoms. The van der Waals surface area contributed by atoms with Crippen LogP contribution in [0.5, 0.6) is 0 Å². The lowest BCUT2D eigenvalue weighted by atomic mass is 10.1. The van der Waals surface area contributed by atoms with Crippen molar-refractivity contribution in [2.45, 2.75) is 23.6 Å². The third-order valence-electron chi connectivity index (χ3n) is 5.52. The highest BCUT2D eigenvalue weighted by Gasteiger charge is 2.26. The summed E-state index contributed by atoms with van der Waals surface area (Å²) in [7, 11) is 0. The van der Waals surface area contributed by atoms with Gasteiger partial charge in [-0.3, -0.25) is 19.3 Å². The lowest BCUT2D eigenvalue weighted by molar-refractivity contribution is -0.122. The number of nitrogens with zero attached hydrogens (tertiary/aromatic N) is 2. The fraction of sp³-hybridized carbons (Fsp3) is 0.348. The van der Waals surface area contributed by atoms with Gasteiger partial charge in [0.25, 0.3) is 5.91 Å². The van der Waals surface area contributed by atoms with Crippen LogP contribution in [0.4, 0.5) is 5.69 Å². The molecule has 3 amide bonds. The van der Waals surface area contributed by atoms with E-state index >= 15 is 0 Å². The summed E-state index contributed by atoms with van der Waals surface area (Å²) in [5.74, 6) is -0.101. The van der Waals surface area contributed by atoms with Crippen molar-refractivity contribution < 1.29 is 14.4 Å². The smallest absolute Gasteiger partial charge is 0.254 e. The quantitative estimate of drug-likeness (QED) is 0.748. The van der Waals surface area contributed by atoms with Gasteiger partial charge < -0.3 is 15.5 Å². The molecule has 0 aromatic heterocycles. The second-order valence-corrected chi connectivity index (χ2v) is 9.17. The Morgan fingerprint density at radius 3 is 2.58 bits per heavy atom. The van der Waals surface area contributed by atoms with Crippen molar-refractivity contribution in [2.24, 2.45) is 0 Å². The number of benzene rings is 2. The van der Waals surface area contributed by atoms with Crippen LogP contribution in [-0.4, -0.2) is 65.5 Å². The molecule has 0 aliphatic carbocycles. The molecule has 4 rings (SSSR count). The Balaban J connectivity index is 1.27. The van der Waals surface area contributed by atoms with E-state index in [2.05, 4.69) is 15.5 Å².